The van der Waals surface area contributed by atoms with Crippen molar-refractivity contribution in [1.82, 2.24) is 5.06 Å². The monoisotopic (exact) mass is 129 g/mol. The first-order valence-corrected chi connectivity index (χ1v) is 2.82. The van der Waals surface area contributed by atoms with Crippen LogP contribution in [0, 0.1) is 0 Å². The van der Waals surface area contributed by atoms with Gasteiger partial charge in [0.05, 0.1) is 0 Å². The number of allylic oxidation sites excluding steroid dienone is 2. The van der Waals surface area contributed by atoms with E-state index in [4.69, 9.17) is 5.21 Å². The van der Waals surface area contributed by atoms with Gasteiger partial charge in [-0.2, -0.15) is 0 Å². The van der Waals surface area contributed by atoms with Crippen molar-refractivity contribution in [1.29, 1.82) is 0 Å². The van der Waals surface area contributed by atoms with Gasteiger partial charge in [0.15, 0.2) is 0 Å². The molecule has 1 aliphatic rings. The highest BCUT2D eigenvalue weighted by molar-refractivity contribution is 7.81. The number of hydrogen-bond donors (Lipinski definition) is 2. The van der Waals surface area contributed by atoms with Gasteiger partial charge in [0.2, 0.25) is 0 Å². The summed E-state index contributed by atoms with van der Waals surface area (Å²) in [4.78, 5) is 0. The van der Waals surface area contributed by atoms with Gasteiger partial charge >= 0.3 is 0 Å². The fraction of sp³-hybridized carbons (Fsp3) is 0.200. The maximum absolute atomic E-state index is 8.80. The largest absolute Gasteiger partial charge is 0.288 e. The molecule has 0 aromatic carbocycles. The van der Waals surface area contributed by atoms with E-state index in [0.717, 1.165) is 5.06 Å². The molecule has 1 unspecified atom stereocenters. The van der Waals surface area contributed by atoms with Crippen LogP contribution in [-0.2, 0) is 0 Å². The molecule has 0 bridgehead atoms. The lowest BCUT2D eigenvalue weighted by Gasteiger charge is -2.17. The number of nitrogens with zero attached hydrogens (tertiary/aromatic N) is 1. The lowest BCUT2D eigenvalue weighted by molar-refractivity contribution is -0.0402. The quantitative estimate of drug-likeness (QED) is 0.477. The van der Waals surface area contributed by atoms with E-state index in [-0.39, 0.29) is 5.37 Å². The Hall–Kier alpha value is -0.410. The first kappa shape index (κ1) is 5.72. The van der Waals surface area contributed by atoms with E-state index >= 15 is 0 Å². The Morgan fingerprint density at radius 2 is 2.25 bits per heavy atom. The minimum Gasteiger partial charge on any atom is -0.288 e. The zero-order chi connectivity index (χ0) is 5.98. The first-order valence-electron chi connectivity index (χ1n) is 2.31. The van der Waals surface area contributed by atoms with Crippen molar-refractivity contribution in [2.24, 2.45) is 0 Å². The van der Waals surface area contributed by atoms with Gasteiger partial charge in [-0.1, -0.05) is 6.08 Å². The Balaban J connectivity index is 2.59. The normalized spacial score (nSPS) is 26.8. The van der Waals surface area contributed by atoms with Crippen LogP contribution in [0.1, 0.15) is 0 Å². The summed E-state index contributed by atoms with van der Waals surface area (Å²) in [5, 5.41) is 9.65. The Morgan fingerprint density at radius 1 is 1.50 bits per heavy atom. The summed E-state index contributed by atoms with van der Waals surface area (Å²) >= 11 is 3.99. The third-order valence-corrected chi connectivity index (χ3v) is 1.31. The van der Waals surface area contributed by atoms with E-state index in [1.54, 1.807) is 18.4 Å². The smallest absolute Gasteiger partial charge is 0.116 e. The van der Waals surface area contributed by atoms with E-state index in [1.165, 1.54) is 0 Å². The van der Waals surface area contributed by atoms with Crippen LogP contribution in [0.2, 0.25) is 0 Å². The highest BCUT2D eigenvalue weighted by Gasteiger charge is 2.03. The summed E-state index contributed by atoms with van der Waals surface area (Å²) in [6.45, 7) is 0. The van der Waals surface area contributed by atoms with E-state index in [1.807, 2.05) is 6.08 Å². The third-order valence-electron chi connectivity index (χ3n) is 0.904. The predicted molar refractivity (Wildman–Crippen MR) is 34.7 cm³/mol. The highest BCUT2D eigenvalue weighted by Crippen LogP contribution is 2.07. The molecule has 0 radical (unpaired) electrons. The summed E-state index contributed by atoms with van der Waals surface area (Å²) in [5.74, 6) is 0. The van der Waals surface area contributed by atoms with E-state index in [9.17, 15) is 0 Å². The molecule has 44 valence electrons. The topological polar surface area (TPSA) is 23.5 Å². The van der Waals surface area contributed by atoms with Gasteiger partial charge < -0.3 is 0 Å². The number of thiol groups is 1. The van der Waals surface area contributed by atoms with E-state index in [2.05, 4.69) is 12.6 Å². The lowest BCUT2D eigenvalue weighted by atomic mass is 10.4. The van der Waals surface area contributed by atoms with Crippen molar-refractivity contribution < 1.29 is 5.21 Å². The van der Waals surface area contributed by atoms with Crippen molar-refractivity contribution in [3.05, 3.63) is 24.4 Å². The van der Waals surface area contributed by atoms with Gasteiger partial charge in [-0.3, -0.25) is 5.21 Å². The highest BCUT2D eigenvalue weighted by atomic mass is 32.1. The Morgan fingerprint density at radius 3 is 2.62 bits per heavy atom. The molecule has 3 heteroatoms. The zero-order valence-corrected chi connectivity index (χ0v) is 5.12. The summed E-state index contributed by atoms with van der Waals surface area (Å²) in [6.07, 6.45) is 6.91. The predicted octanol–water partition coefficient (Wildman–Crippen LogP) is 1.02. The SMILES string of the molecule is ON1C=CC=CC1S. The maximum Gasteiger partial charge on any atom is 0.116 e. The van der Waals surface area contributed by atoms with Crippen molar-refractivity contribution >= 4 is 12.6 Å². The number of rotatable bonds is 0. The van der Waals surface area contributed by atoms with Gasteiger partial charge in [0.25, 0.3) is 0 Å². The van der Waals surface area contributed by atoms with Crippen molar-refractivity contribution in [2.45, 2.75) is 5.37 Å². The van der Waals surface area contributed by atoms with E-state index in [0.29, 0.717) is 0 Å². The fourth-order valence-electron chi connectivity index (χ4n) is 0.478. The second kappa shape index (κ2) is 2.24. The molecule has 0 fully saturated rings. The van der Waals surface area contributed by atoms with Crippen LogP contribution in [0.4, 0.5) is 0 Å². The Labute approximate surface area is 53.5 Å². The van der Waals surface area contributed by atoms with E-state index < -0.39 is 0 Å². The van der Waals surface area contributed by atoms with Crippen LogP contribution in [0.15, 0.2) is 24.4 Å². The lowest BCUT2D eigenvalue weighted by Crippen LogP contribution is -2.21. The van der Waals surface area contributed by atoms with Crippen molar-refractivity contribution in [2.75, 3.05) is 0 Å². The van der Waals surface area contributed by atoms with Crippen LogP contribution in [0.25, 0.3) is 0 Å². The molecule has 1 N–H and O–H groups in total. The van der Waals surface area contributed by atoms with Gasteiger partial charge in [0.1, 0.15) is 5.37 Å². The molecule has 1 heterocycles. The molecule has 0 saturated heterocycles. The molecule has 0 amide bonds. The molecule has 0 aromatic rings. The summed E-state index contributed by atoms with van der Waals surface area (Å²) in [7, 11) is 0. The van der Waals surface area contributed by atoms with Crippen LogP contribution >= 0.6 is 12.6 Å². The maximum atomic E-state index is 8.80. The second-order valence-electron chi connectivity index (χ2n) is 1.52. The van der Waals surface area contributed by atoms with Crippen molar-refractivity contribution in [3.63, 3.8) is 0 Å². The van der Waals surface area contributed by atoms with Crippen LogP contribution < -0.4 is 0 Å². The molecule has 1 atom stereocenters. The number of hydroxylamine groups is 2. The van der Waals surface area contributed by atoms with Gasteiger partial charge in [-0.25, -0.2) is 5.06 Å². The molecular weight excluding hydrogens is 122 g/mol. The fourth-order valence-corrected chi connectivity index (χ4v) is 0.654. The molecule has 8 heavy (non-hydrogen) atoms. The Bertz CT molecular complexity index is 116. The average Bonchev–Trinajstić information content (AvgIpc) is 1.77. The molecule has 1 rings (SSSR count). The van der Waals surface area contributed by atoms with Gasteiger partial charge in [0, 0.05) is 6.20 Å². The molecule has 0 aromatic heterocycles. The summed E-state index contributed by atoms with van der Waals surface area (Å²) in [5.41, 5.74) is 0. The molecule has 0 spiro atoms. The van der Waals surface area contributed by atoms with Crippen LogP contribution in [-0.4, -0.2) is 15.6 Å². The zero-order valence-electron chi connectivity index (χ0n) is 4.23. The molecule has 0 aliphatic carbocycles. The minimum absolute atomic E-state index is 0.181. The molecule has 2 nitrogen and oxygen atoms in total. The van der Waals surface area contributed by atoms with Crippen molar-refractivity contribution in [3.8, 4) is 0 Å². The molecule has 0 saturated carbocycles. The standard InChI is InChI=1S/C5H7NOS/c7-6-4-2-1-3-5(6)8/h1-5,7-8H. The summed E-state index contributed by atoms with van der Waals surface area (Å²) < 4.78 is 0. The Kier molecular flexibility index (Phi) is 1.60. The first-order chi connectivity index (χ1) is 3.80. The number of hydrogen-bond acceptors (Lipinski definition) is 3. The average molecular weight is 129 g/mol. The summed E-state index contributed by atoms with van der Waals surface area (Å²) in [6, 6.07) is 0. The van der Waals surface area contributed by atoms with Crippen LogP contribution in [0.3, 0.4) is 0 Å². The third kappa shape index (κ3) is 1.05. The second-order valence-corrected chi connectivity index (χ2v) is 2.05. The van der Waals surface area contributed by atoms with Crippen LogP contribution in [0.5, 0.6) is 0 Å². The molecule has 1 aliphatic heterocycles. The van der Waals surface area contributed by atoms with Gasteiger partial charge in [-0.15, -0.1) is 12.6 Å². The van der Waals surface area contributed by atoms with Gasteiger partial charge in [-0.05, 0) is 12.2 Å². The minimum atomic E-state index is -0.181. The molecular formula is C5H7NOS.